The minimum absolute atomic E-state index is 0.0696. The summed E-state index contributed by atoms with van der Waals surface area (Å²) in [5, 5.41) is -0.0696. The highest BCUT2D eigenvalue weighted by molar-refractivity contribution is 7.80. The summed E-state index contributed by atoms with van der Waals surface area (Å²) < 4.78 is 40.2. The molecule has 0 heterocycles. The Balaban J connectivity index is 3.94. The van der Waals surface area contributed by atoms with Gasteiger partial charge in [0.05, 0.1) is 6.61 Å². The van der Waals surface area contributed by atoms with Crippen LogP contribution >= 0.6 is 12.2 Å². The van der Waals surface area contributed by atoms with Crippen molar-refractivity contribution in [2.75, 3.05) is 6.61 Å². The summed E-state index contributed by atoms with van der Waals surface area (Å²) in [6.45, 7) is 4.79. The highest BCUT2D eigenvalue weighted by Crippen LogP contribution is 2.26. The molecule has 5 heteroatoms. The molecule has 12 heavy (non-hydrogen) atoms. The molecule has 0 aliphatic carbocycles. The number of rotatable bonds is 3. The van der Waals surface area contributed by atoms with Gasteiger partial charge in [0, 0.05) is 12.0 Å². The van der Waals surface area contributed by atoms with E-state index in [1.54, 1.807) is 6.92 Å². The van der Waals surface area contributed by atoms with E-state index in [2.05, 4.69) is 23.5 Å². The van der Waals surface area contributed by atoms with Gasteiger partial charge in [0.25, 0.3) is 0 Å². The fourth-order valence-corrected chi connectivity index (χ4v) is 0.779. The van der Waals surface area contributed by atoms with E-state index in [-0.39, 0.29) is 11.7 Å². The van der Waals surface area contributed by atoms with Crippen molar-refractivity contribution in [1.82, 2.24) is 0 Å². The Bertz CT molecular complexity index is 186. The molecule has 0 aromatic heterocycles. The third kappa shape index (κ3) is 4.33. The molecular formula is C7H9F3OS. The minimum Gasteiger partial charge on any atom is -0.487 e. The molecule has 0 amide bonds. The maximum absolute atomic E-state index is 11.8. The molecule has 0 aromatic rings. The lowest BCUT2D eigenvalue weighted by Gasteiger charge is -2.10. The molecule has 0 rings (SSSR count). The average Bonchev–Trinajstić information content (AvgIpc) is 1.85. The van der Waals surface area contributed by atoms with Crippen LogP contribution in [0, 0.1) is 0 Å². The Kier molecular flexibility index (Phi) is 4.23. The Morgan fingerprint density at radius 3 is 2.33 bits per heavy atom. The predicted molar refractivity (Wildman–Crippen MR) is 44.0 cm³/mol. The molecule has 0 aliphatic heterocycles. The van der Waals surface area contributed by atoms with Crippen LogP contribution in [0.25, 0.3) is 0 Å². The molecule has 70 valence electrons. The van der Waals surface area contributed by atoms with Crippen molar-refractivity contribution < 1.29 is 17.9 Å². The third-order valence-corrected chi connectivity index (χ3v) is 1.33. The molecule has 1 nitrogen and oxygen atoms in total. The Morgan fingerprint density at radius 1 is 1.50 bits per heavy atom. The van der Waals surface area contributed by atoms with Gasteiger partial charge in [-0.1, -0.05) is 6.58 Å². The first-order valence-corrected chi connectivity index (χ1v) is 3.69. The van der Waals surface area contributed by atoms with Crippen molar-refractivity contribution >= 4 is 17.3 Å². The van der Waals surface area contributed by atoms with Gasteiger partial charge in [-0.2, -0.15) is 13.2 Å². The molecular weight excluding hydrogens is 189 g/mol. The van der Waals surface area contributed by atoms with Crippen LogP contribution in [0.3, 0.4) is 0 Å². The Morgan fingerprint density at radius 2 is 2.00 bits per heavy atom. The van der Waals surface area contributed by atoms with Crippen molar-refractivity contribution in [2.24, 2.45) is 0 Å². The van der Waals surface area contributed by atoms with Gasteiger partial charge in [-0.3, -0.25) is 0 Å². The molecule has 0 unspecified atom stereocenters. The van der Waals surface area contributed by atoms with Crippen LogP contribution in [-0.2, 0) is 4.74 Å². The van der Waals surface area contributed by atoms with E-state index in [0.717, 1.165) is 0 Å². The lowest BCUT2D eigenvalue weighted by atomic mass is 10.2. The third-order valence-electron chi connectivity index (χ3n) is 1.06. The quantitative estimate of drug-likeness (QED) is 0.509. The second-order valence-corrected chi connectivity index (χ2v) is 2.54. The van der Waals surface area contributed by atoms with Crippen molar-refractivity contribution in [3.8, 4) is 0 Å². The van der Waals surface area contributed by atoms with E-state index < -0.39 is 18.2 Å². The van der Waals surface area contributed by atoms with Gasteiger partial charge >= 0.3 is 6.18 Å². The van der Waals surface area contributed by atoms with Crippen LogP contribution in [0.4, 0.5) is 13.2 Å². The number of alkyl halides is 3. The van der Waals surface area contributed by atoms with E-state index in [9.17, 15) is 13.2 Å². The van der Waals surface area contributed by atoms with Crippen LogP contribution in [0.1, 0.15) is 13.3 Å². The van der Waals surface area contributed by atoms with Crippen molar-refractivity contribution in [3.05, 3.63) is 12.2 Å². The summed E-state index contributed by atoms with van der Waals surface area (Å²) in [7, 11) is 0. The first-order chi connectivity index (χ1) is 5.38. The van der Waals surface area contributed by atoms with Gasteiger partial charge in [-0.25, -0.2) is 0 Å². The number of ether oxygens (including phenoxy) is 1. The van der Waals surface area contributed by atoms with E-state index in [0.29, 0.717) is 0 Å². The zero-order valence-corrected chi connectivity index (χ0v) is 7.39. The van der Waals surface area contributed by atoms with Gasteiger partial charge in [-0.05, 0) is 19.1 Å². The van der Waals surface area contributed by atoms with Crippen molar-refractivity contribution in [2.45, 2.75) is 19.5 Å². The SMILES string of the molecule is C=C(CC(=S)OCC)C(F)(F)F. The normalized spacial score (nSPS) is 11.0. The fraction of sp³-hybridized carbons (Fsp3) is 0.571. The zero-order valence-electron chi connectivity index (χ0n) is 6.57. The van der Waals surface area contributed by atoms with Gasteiger partial charge in [0.1, 0.15) is 0 Å². The van der Waals surface area contributed by atoms with Crippen molar-refractivity contribution in [1.29, 1.82) is 0 Å². The monoisotopic (exact) mass is 198 g/mol. The number of halogens is 3. The maximum atomic E-state index is 11.8. The molecule has 0 saturated carbocycles. The molecule has 0 saturated heterocycles. The Hall–Kier alpha value is -0.580. The second-order valence-electron chi connectivity index (χ2n) is 2.08. The molecule has 0 bridgehead atoms. The molecule has 0 atom stereocenters. The van der Waals surface area contributed by atoms with E-state index in [1.165, 1.54) is 0 Å². The molecule has 0 radical (unpaired) electrons. The van der Waals surface area contributed by atoms with Crippen LogP contribution in [0.15, 0.2) is 12.2 Å². The summed E-state index contributed by atoms with van der Waals surface area (Å²) in [4.78, 5) is 0. The zero-order chi connectivity index (χ0) is 9.78. The van der Waals surface area contributed by atoms with E-state index in [1.807, 2.05) is 0 Å². The molecule has 0 aromatic carbocycles. The summed E-state index contributed by atoms with van der Waals surface area (Å²) in [6.07, 6.45) is -4.80. The lowest BCUT2D eigenvalue weighted by Crippen LogP contribution is -2.14. The smallest absolute Gasteiger partial charge is 0.412 e. The van der Waals surface area contributed by atoms with E-state index >= 15 is 0 Å². The number of hydrogen-bond acceptors (Lipinski definition) is 2. The predicted octanol–water partition coefficient (Wildman–Crippen LogP) is 2.86. The number of thiocarbonyl (C=S) groups is 1. The highest BCUT2D eigenvalue weighted by atomic mass is 32.1. The van der Waals surface area contributed by atoms with Crippen LogP contribution < -0.4 is 0 Å². The van der Waals surface area contributed by atoms with Gasteiger partial charge in [0.2, 0.25) is 0 Å². The van der Waals surface area contributed by atoms with Crippen LogP contribution in [0.5, 0.6) is 0 Å². The summed E-state index contributed by atoms with van der Waals surface area (Å²) >= 11 is 4.52. The maximum Gasteiger partial charge on any atom is 0.412 e. The lowest BCUT2D eigenvalue weighted by molar-refractivity contribution is -0.0923. The molecule has 0 aliphatic rings. The highest BCUT2D eigenvalue weighted by Gasteiger charge is 2.32. The van der Waals surface area contributed by atoms with Gasteiger partial charge in [-0.15, -0.1) is 0 Å². The average molecular weight is 198 g/mol. The van der Waals surface area contributed by atoms with Crippen molar-refractivity contribution in [3.63, 3.8) is 0 Å². The molecule has 0 fully saturated rings. The fourth-order valence-electron chi connectivity index (χ4n) is 0.486. The second kappa shape index (κ2) is 4.45. The Labute approximate surface area is 74.2 Å². The van der Waals surface area contributed by atoms with Crippen LogP contribution in [0.2, 0.25) is 0 Å². The molecule has 0 N–H and O–H groups in total. The summed E-state index contributed by atoms with van der Waals surface area (Å²) in [5.41, 5.74) is -0.874. The largest absolute Gasteiger partial charge is 0.487 e. The van der Waals surface area contributed by atoms with Gasteiger partial charge in [0.15, 0.2) is 5.05 Å². The first-order valence-electron chi connectivity index (χ1n) is 3.28. The summed E-state index contributed by atoms with van der Waals surface area (Å²) in [6, 6.07) is 0. The minimum atomic E-state index is -4.37. The topological polar surface area (TPSA) is 9.23 Å². The standard InChI is InChI=1S/C7H9F3OS/c1-3-11-6(12)4-5(2)7(8,9)10/h2-4H2,1H3. The number of hydrogen-bond donors (Lipinski definition) is 0. The van der Waals surface area contributed by atoms with Gasteiger partial charge < -0.3 is 4.74 Å². The first kappa shape index (κ1) is 11.4. The molecule has 0 spiro atoms. The van der Waals surface area contributed by atoms with Crippen LogP contribution in [-0.4, -0.2) is 17.8 Å². The van der Waals surface area contributed by atoms with E-state index in [4.69, 9.17) is 0 Å². The summed E-state index contributed by atoms with van der Waals surface area (Å²) in [5.74, 6) is 0.